The monoisotopic (exact) mass is 465 g/mol. The lowest BCUT2D eigenvalue weighted by Gasteiger charge is -2.33. The predicted octanol–water partition coefficient (Wildman–Crippen LogP) is 7.35. The van der Waals surface area contributed by atoms with E-state index in [0.29, 0.717) is 29.2 Å². The van der Waals surface area contributed by atoms with E-state index in [-0.39, 0.29) is 27.8 Å². The van der Waals surface area contributed by atoms with Crippen LogP contribution in [0.2, 0.25) is 10.0 Å². The van der Waals surface area contributed by atoms with Crippen LogP contribution in [0.5, 0.6) is 0 Å². The highest BCUT2D eigenvalue weighted by atomic mass is 35.5. The van der Waals surface area contributed by atoms with Crippen LogP contribution in [0.4, 0.5) is 8.78 Å². The first kappa shape index (κ1) is 22.2. The standard InChI is InChI=1S/C24H23Cl2F2NO2/c1-14-8-16(6-7-20(14)22(30)9-15-4-3-5-15)21-13-24(31-29-21,23(2,27)28)17-10-18(25)12-19(26)11-17/h6-8,10-12,15H,3-5,9,13H2,1-2H3/t24-/m0/s1. The Balaban J connectivity index is 1.61. The van der Waals surface area contributed by atoms with Crippen molar-refractivity contribution >= 4 is 34.7 Å². The Morgan fingerprint density at radius 2 is 1.87 bits per heavy atom. The summed E-state index contributed by atoms with van der Waals surface area (Å²) in [6.07, 6.45) is 3.82. The minimum Gasteiger partial charge on any atom is -0.377 e. The molecule has 0 saturated heterocycles. The van der Waals surface area contributed by atoms with E-state index in [2.05, 4.69) is 5.16 Å². The van der Waals surface area contributed by atoms with Gasteiger partial charge in [0.15, 0.2) is 5.78 Å². The Labute approximate surface area is 190 Å². The Morgan fingerprint density at radius 1 is 1.19 bits per heavy atom. The van der Waals surface area contributed by atoms with Gasteiger partial charge in [0.1, 0.15) is 0 Å². The van der Waals surface area contributed by atoms with Crippen molar-refractivity contribution in [2.45, 2.75) is 57.5 Å². The van der Waals surface area contributed by atoms with Crippen LogP contribution in [-0.2, 0) is 10.4 Å². The van der Waals surface area contributed by atoms with Crippen molar-refractivity contribution in [1.82, 2.24) is 0 Å². The van der Waals surface area contributed by atoms with E-state index in [9.17, 15) is 13.6 Å². The lowest BCUT2D eigenvalue weighted by atomic mass is 9.80. The number of oxime groups is 1. The maximum atomic E-state index is 14.8. The van der Waals surface area contributed by atoms with Crippen molar-refractivity contribution in [1.29, 1.82) is 0 Å². The third-order valence-electron chi connectivity index (χ3n) is 6.32. The number of rotatable bonds is 6. The van der Waals surface area contributed by atoms with Gasteiger partial charge in [-0.15, -0.1) is 0 Å². The fraction of sp³-hybridized carbons (Fsp3) is 0.417. The highest BCUT2D eigenvalue weighted by molar-refractivity contribution is 6.34. The van der Waals surface area contributed by atoms with Crippen LogP contribution in [0.3, 0.4) is 0 Å². The van der Waals surface area contributed by atoms with E-state index < -0.39 is 11.5 Å². The first-order valence-corrected chi connectivity index (χ1v) is 11.1. The third kappa shape index (κ3) is 4.22. The Kier molecular flexibility index (Phi) is 5.86. The van der Waals surface area contributed by atoms with Crippen LogP contribution in [-0.4, -0.2) is 17.4 Å². The second-order valence-corrected chi connectivity index (χ2v) is 9.51. The fourth-order valence-electron chi connectivity index (χ4n) is 4.24. The molecule has 1 heterocycles. The van der Waals surface area contributed by atoms with Gasteiger partial charge in [-0.25, -0.2) is 8.78 Å². The molecule has 1 aliphatic heterocycles. The fourth-order valence-corrected chi connectivity index (χ4v) is 4.77. The van der Waals surface area contributed by atoms with Gasteiger partial charge in [0.2, 0.25) is 5.60 Å². The molecule has 31 heavy (non-hydrogen) atoms. The van der Waals surface area contributed by atoms with Gasteiger partial charge in [0.25, 0.3) is 5.92 Å². The van der Waals surface area contributed by atoms with E-state index in [4.69, 9.17) is 28.0 Å². The first-order chi connectivity index (χ1) is 14.6. The van der Waals surface area contributed by atoms with Crippen molar-refractivity contribution in [3.05, 3.63) is 68.7 Å². The molecule has 1 atom stereocenters. The zero-order valence-corrected chi connectivity index (χ0v) is 18.9. The summed E-state index contributed by atoms with van der Waals surface area (Å²) in [4.78, 5) is 18.0. The molecule has 1 saturated carbocycles. The molecule has 3 nitrogen and oxygen atoms in total. The van der Waals surface area contributed by atoms with Gasteiger partial charge in [-0.1, -0.05) is 59.8 Å². The molecule has 0 amide bonds. The summed E-state index contributed by atoms with van der Waals surface area (Å²) in [5.41, 5.74) is 0.666. The molecular weight excluding hydrogens is 443 g/mol. The largest absolute Gasteiger partial charge is 0.377 e. The molecular formula is C24H23Cl2F2NO2. The van der Waals surface area contributed by atoms with Crippen molar-refractivity contribution < 1.29 is 18.4 Å². The summed E-state index contributed by atoms with van der Waals surface area (Å²) in [5.74, 6) is -2.64. The lowest BCUT2D eigenvalue weighted by molar-refractivity contribution is -0.193. The number of carbonyl (C=O) groups excluding carboxylic acids is 1. The molecule has 0 aromatic heterocycles. The number of halogens is 4. The summed E-state index contributed by atoms with van der Waals surface area (Å²) in [6.45, 7) is 2.65. The Morgan fingerprint density at radius 3 is 2.42 bits per heavy atom. The molecule has 2 aliphatic rings. The zero-order valence-electron chi connectivity index (χ0n) is 17.4. The number of alkyl halides is 2. The first-order valence-electron chi connectivity index (χ1n) is 10.3. The van der Waals surface area contributed by atoms with E-state index in [1.165, 1.54) is 24.6 Å². The molecule has 4 rings (SSSR count). The number of aryl methyl sites for hydroxylation is 1. The van der Waals surface area contributed by atoms with Gasteiger partial charge >= 0.3 is 0 Å². The third-order valence-corrected chi connectivity index (χ3v) is 6.76. The van der Waals surface area contributed by atoms with E-state index in [0.717, 1.165) is 25.3 Å². The second-order valence-electron chi connectivity index (χ2n) is 8.63. The van der Waals surface area contributed by atoms with Gasteiger partial charge < -0.3 is 4.84 Å². The molecule has 164 valence electrons. The number of carbonyl (C=O) groups is 1. The highest BCUT2D eigenvalue weighted by Crippen LogP contribution is 2.48. The molecule has 1 aliphatic carbocycles. The smallest absolute Gasteiger partial charge is 0.291 e. The van der Waals surface area contributed by atoms with Crippen LogP contribution in [0.25, 0.3) is 0 Å². The molecule has 0 N–H and O–H groups in total. The summed E-state index contributed by atoms with van der Waals surface area (Å²) in [7, 11) is 0. The maximum absolute atomic E-state index is 14.8. The molecule has 2 aromatic rings. The van der Waals surface area contributed by atoms with Crippen LogP contribution in [0.1, 0.15) is 66.1 Å². The number of ketones is 1. The second kappa shape index (κ2) is 8.18. The van der Waals surface area contributed by atoms with Gasteiger partial charge in [-0.05, 0) is 48.2 Å². The number of hydrogen-bond donors (Lipinski definition) is 0. The maximum Gasteiger partial charge on any atom is 0.291 e. The summed E-state index contributed by atoms with van der Waals surface area (Å²) in [5, 5.41) is 4.50. The Bertz CT molecular complexity index is 1040. The van der Waals surface area contributed by atoms with Gasteiger partial charge in [-0.2, -0.15) is 0 Å². The molecule has 0 spiro atoms. The molecule has 0 bridgehead atoms. The van der Waals surface area contributed by atoms with Crippen molar-refractivity contribution in [3.63, 3.8) is 0 Å². The number of hydrogen-bond acceptors (Lipinski definition) is 3. The summed E-state index contributed by atoms with van der Waals surface area (Å²) >= 11 is 12.1. The zero-order chi connectivity index (χ0) is 22.4. The lowest BCUT2D eigenvalue weighted by Crippen LogP contribution is -2.43. The molecule has 1 fully saturated rings. The van der Waals surface area contributed by atoms with Crippen LogP contribution < -0.4 is 0 Å². The van der Waals surface area contributed by atoms with Gasteiger partial charge in [0.05, 0.1) is 5.71 Å². The van der Waals surface area contributed by atoms with E-state index in [1.54, 1.807) is 12.1 Å². The molecule has 0 unspecified atom stereocenters. The number of benzene rings is 2. The number of nitrogens with zero attached hydrogens (tertiary/aromatic N) is 1. The quantitative estimate of drug-likeness (QED) is 0.418. The normalized spacial score (nSPS) is 21.4. The van der Waals surface area contributed by atoms with Crippen LogP contribution in [0.15, 0.2) is 41.6 Å². The highest BCUT2D eigenvalue weighted by Gasteiger charge is 2.58. The molecule has 0 radical (unpaired) electrons. The predicted molar refractivity (Wildman–Crippen MR) is 118 cm³/mol. The van der Waals surface area contributed by atoms with Crippen molar-refractivity contribution in [3.8, 4) is 0 Å². The van der Waals surface area contributed by atoms with Crippen LogP contribution >= 0.6 is 23.2 Å². The van der Waals surface area contributed by atoms with E-state index in [1.807, 2.05) is 13.0 Å². The minimum atomic E-state index is -3.25. The number of Topliss-reactive ketones (excluding diaryl/α,β-unsaturated/α-hetero) is 1. The van der Waals surface area contributed by atoms with Gasteiger partial charge in [0, 0.05) is 40.9 Å². The molecule has 7 heteroatoms. The topological polar surface area (TPSA) is 38.7 Å². The van der Waals surface area contributed by atoms with Crippen molar-refractivity contribution in [2.24, 2.45) is 11.1 Å². The summed E-state index contributed by atoms with van der Waals surface area (Å²) < 4.78 is 29.6. The minimum absolute atomic E-state index is 0.126. The average Bonchev–Trinajstić information content (AvgIpc) is 3.10. The SMILES string of the molecule is Cc1cc(C2=NO[C@@](c3cc(Cl)cc(Cl)c3)(C(C)(F)F)C2)ccc1C(=O)CC1CCC1. The average molecular weight is 466 g/mol. The Hall–Kier alpha value is -1.98. The van der Waals surface area contributed by atoms with Crippen molar-refractivity contribution in [2.75, 3.05) is 0 Å². The summed E-state index contributed by atoms with van der Waals surface area (Å²) in [6, 6.07) is 9.65. The van der Waals surface area contributed by atoms with E-state index >= 15 is 0 Å². The molecule has 2 aromatic carbocycles. The van der Waals surface area contributed by atoms with Crippen LogP contribution in [0, 0.1) is 12.8 Å². The van der Waals surface area contributed by atoms with Gasteiger partial charge in [-0.3, -0.25) is 4.79 Å².